The normalized spacial score (nSPS) is 15.6. The molecule has 83 valence electrons. The third-order valence-corrected chi connectivity index (χ3v) is 6.52. The average molecular weight is 475 g/mol. The van der Waals surface area contributed by atoms with Crippen molar-refractivity contribution in [2.45, 2.75) is 22.5 Å². The van der Waals surface area contributed by atoms with E-state index in [2.05, 4.69) is 70.3 Å². The van der Waals surface area contributed by atoms with Gasteiger partial charge in [0.25, 0.3) is 0 Å². The Bertz CT molecular complexity index is 162. The first-order valence-electron chi connectivity index (χ1n) is 4.10. The molecule has 0 aromatic rings. The molecule has 0 bridgehead atoms. The Hall–Kier alpha value is 1.95. The zero-order valence-electron chi connectivity index (χ0n) is 7.58. The molecule has 0 aromatic heterocycles. The Morgan fingerprint density at radius 1 is 1.07 bits per heavy atom. The van der Waals surface area contributed by atoms with Gasteiger partial charge < -0.3 is 0 Å². The van der Waals surface area contributed by atoms with Gasteiger partial charge in [0.2, 0.25) is 0 Å². The Balaban J connectivity index is 4.09. The van der Waals surface area contributed by atoms with Crippen molar-refractivity contribution >= 4 is 75.3 Å². The van der Waals surface area contributed by atoms with Crippen molar-refractivity contribution in [3.05, 3.63) is 17.5 Å². The lowest BCUT2D eigenvalue weighted by molar-refractivity contribution is 0.766. The molecule has 0 heterocycles. The average Bonchev–Trinajstić information content (AvgIpc) is 2.16. The molecule has 0 rings (SSSR count). The van der Waals surface area contributed by atoms with Crippen molar-refractivity contribution in [2.24, 2.45) is 0 Å². The lowest BCUT2D eigenvalue weighted by Crippen LogP contribution is -2.13. The maximum atomic E-state index is 5.94. The van der Waals surface area contributed by atoms with E-state index in [1.54, 1.807) is 0 Å². The number of rotatable bonds is 7. The highest BCUT2D eigenvalue weighted by molar-refractivity contribution is 9.12. The van der Waals surface area contributed by atoms with E-state index in [1.165, 1.54) is 5.92 Å². The minimum Gasteiger partial charge on any atom is -0.0916 e. The lowest BCUT2D eigenvalue weighted by atomic mass is 9.98. The number of halogens is 5. The molecule has 5 heteroatoms. The molecule has 0 aromatic carbocycles. The number of hydrogen-bond donors (Lipinski definition) is 0. The standard InChI is InChI=1S/C9H12Br4Cl/c1-6(14)7(2-8(12)4-10)3-9(13)5-11/h8-9H,1-5H2. The van der Waals surface area contributed by atoms with Crippen LogP contribution in [0.25, 0.3) is 0 Å². The van der Waals surface area contributed by atoms with Crippen LogP contribution in [0.3, 0.4) is 0 Å². The number of hydrogen-bond acceptors (Lipinski definition) is 0. The molecule has 0 amide bonds. The molecule has 2 unspecified atom stereocenters. The fourth-order valence-corrected chi connectivity index (χ4v) is 2.34. The topological polar surface area (TPSA) is 0 Å². The van der Waals surface area contributed by atoms with Gasteiger partial charge in [0, 0.05) is 31.3 Å². The van der Waals surface area contributed by atoms with Crippen molar-refractivity contribution in [3.63, 3.8) is 0 Å². The second-order valence-corrected chi connectivity index (χ2v) is 7.26. The van der Waals surface area contributed by atoms with E-state index < -0.39 is 0 Å². The Labute approximate surface area is 125 Å². The van der Waals surface area contributed by atoms with Crippen LogP contribution in [0.1, 0.15) is 12.8 Å². The van der Waals surface area contributed by atoms with E-state index in [9.17, 15) is 0 Å². The van der Waals surface area contributed by atoms with Crippen LogP contribution in [0, 0.1) is 5.92 Å². The maximum absolute atomic E-state index is 5.94. The Morgan fingerprint density at radius 3 is 1.64 bits per heavy atom. The summed E-state index contributed by atoms with van der Waals surface area (Å²) in [5, 5.41) is 2.50. The molecule has 14 heavy (non-hydrogen) atoms. The van der Waals surface area contributed by atoms with Crippen molar-refractivity contribution in [3.8, 4) is 0 Å². The van der Waals surface area contributed by atoms with E-state index in [4.69, 9.17) is 11.6 Å². The summed E-state index contributed by atoms with van der Waals surface area (Å²) in [6.07, 6.45) is 1.87. The van der Waals surface area contributed by atoms with Gasteiger partial charge in [-0.2, -0.15) is 0 Å². The molecule has 0 N–H and O–H groups in total. The van der Waals surface area contributed by atoms with Gasteiger partial charge in [-0.3, -0.25) is 0 Å². The predicted molar refractivity (Wildman–Crippen MR) is 80.5 cm³/mol. The molecule has 2 atom stereocenters. The van der Waals surface area contributed by atoms with Crippen LogP contribution >= 0.6 is 75.3 Å². The highest BCUT2D eigenvalue weighted by Crippen LogP contribution is 2.31. The maximum Gasteiger partial charge on any atom is 0.0251 e. The van der Waals surface area contributed by atoms with Gasteiger partial charge in [-0.05, 0) is 12.8 Å². The van der Waals surface area contributed by atoms with E-state index in [-0.39, 0.29) is 0 Å². The largest absolute Gasteiger partial charge is 0.0916 e. The van der Waals surface area contributed by atoms with Gasteiger partial charge in [0.05, 0.1) is 0 Å². The molecule has 0 aliphatic carbocycles. The minimum atomic E-state index is 0.419. The SMILES string of the molecule is C=C(Cl)[C](CC(Br)CBr)CC(Br)CBr. The molecule has 1 radical (unpaired) electrons. The van der Waals surface area contributed by atoms with Crippen molar-refractivity contribution in [1.29, 1.82) is 0 Å². The van der Waals surface area contributed by atoms with Gasteiger partial charge in [-0.25, -0.2) is 0 Å². The van der Waals surface area contributed by atoms with Crippen LogP contribution in [0.15, 0.2) is 11.6 Å². The molecule has 0 saturated carbocycles. The van der Waals surface area contributed by atoms with Crippen molar-refractivity contribution in [2.75, 3.05) is 10.7 Å². The summed E-state index contributed by atoms with van der Waals surface area (Å²) in [6.45, 7) is 3.79. The van der Waals surface area contributed by atoms with Crippen LogP contribution in [0.2, 0.25) is 0 Å². The van der Waals surface area contributed by atoms with Gasteiger partial charge in [0.15, 0.2) is 0 Å². The third-order valence-electron chi connectivity index (χ3n) is 1.65. The van der Waals surface area contributed by atoms with Crippen LogP contribution < -0.4 is 0 Å². The predicted octanol–water partition coefficient (Wildman–Crippen LogP) is 5.41. The second-order valence-electron chi connectivity index (χ2n) is 2.92. The van der Waals surface area contributed by atoms with E-state index in [1.807, 2.05) is 0 Å². The Kier molecular flexibility index (Phi) is 10.3. The van der Waals surface area contributed by atoms with Gasteiger partial charge in [0.1, 0.15) is 0 Å². The molecule has 0 aliphatic rings. The molecular formula is C9H12Br4Cl. The Morgan fingerprint density at radius 2 is 1.43 bits per heavy atom. The molecule has 0 nitrogen and oxygen atoms in total. The molecule has 0 saturated heterocycles. The smallest absolute Gasteiger partial charge is 0.0251 e. The summed E-state index contributed by atoms with van der Waals surface area (Å²) in [6, 6.07) is 0. The highest BCUT2D eigenvalue weighted by Gasteiger charge is 2.19. The first-order chi connectivity index (χ1) is 6.51. The summed E-state index contributed by atoms with van der Waals surface area (Å²) in [5.74, 6) is 1.20. The minimum absolute atomic E-state index is 0.419. The van der Waals surface area contributed by atoms with Crippen molar-refractivity contribution in [1.82, 2.24) is 0 Å². The fraction of sp³-hybridized carbons (Fsp3) is 0.667. The zero-order chi connectivity index (χ0) is 11.1. The third kappa shape index (κ3) is 7.26. The second kappa shape index (κ2) is 9.03. The van der Waals surface area contributed by atoms with Crippen LogP contribution in [0.4, 0.5) is 0 Å². The highest BCUT2D eigenvalue weighted by atomic mass is 79.9. The quantitative estimate of drug-likeness (QED) is 0.432. The summed E-state index contributed by atoms with van der Waals surface area (Å²) < 4.78 is 0. The summed E-state index contributed by atoms with van der Waals surface area (Å²) >= 11 is 19.9. The molecular weight excluding hydrogens is 463 g/mol. The van der Waals surface area contributed by atoms with Gasteiger partial charge in [-0.1, -0.05) is 81.9 Å². The lowest BCUT2D eigenvalue weighted by Gasteiger charge is -2.19. The summed E-state index contributed by atoms with van der Waals surface area (Å²) in [5.41, 5.74) is 0. The summed E-state index contributed by atoms with van der Waals surface area (Å²) in [4.78, 5) is 0.839. The van der Waals surface area contributed by atoms with Crippen LogP contribution in [-0.4, -0.2) is 20.3 Å². The number of alkyl halides is 4. The monoisotopic (exact) mass is 471 g/mol. The molecule has 0 aliphatic heterocycles. The van der Waals surface area contributed by atoms with Gasteiger partial charge in [-0.15, -0.1) is 0 Å². The molecule has 0 spiro atoms. The summed E-state index contributed by atoms with van der Waals surface area (Å²) in [7, 11) is 0. The van der Waals surface area contributed by atoms with E-state index in [0.717, 1.165) is 23.5 Å². The van der Waals surface area contributed by atoms with Crippen molar-refractivity contribution < 1.29 is 0 Å². The van der Waals surface area contributed by atoms with Crippen LogP contribution in [0.5, 0.6) is 0 Å². The fourth-order valence-electron chi connectivity index (χ4n) is 0.949. The first kappa shape index (κ1) is 16.0. The zero-order valence-corrected chi connectivity index (χ0v) is 14.7. The van der Waals surface area contributed by atoms with Crippen LogP contribution in [-0.2, 0) is 0 Å². The van der Waals surface area contributed by atoms with E-state index >= 15 is 0 Å². The molecule has 0 fully saturated rings. The first-order valence-corrected chi connectivity index (χ1v) is 8.56. The van der Waals surface area contributed by atoms with E-state index in [0.29, 0.717) is 14.7 Å². The van der Waals surface area contributed by atoms with Gasteiger partial charge >= 0.3 is 0 Å². The number of allylic oxidation sites excluding steroid dienone is 1.